The summed E-state index contributed by atoms with van der Waals surface area (Å²) in [6.45, 7) is 0. The van der Waals surface area contributed by atoms with Gasteiger partial charge in [0.25, 0.3) is 0 Å². The van der Waals surface area contributed by atoms with Crippen molar-refractivity contribution in [1.29, 1.82) is 0 Å². The lowest BCUT2D eigenvalue weighted by molar-refractivity contribution is 0.673. The molecule has 47 heavy (non-hydrogen) atoms. The molecule has 0 aliphatic rings. The third-order valence-corrected chi connectivity index (χ3v) is 10.6. The van der Waals surface area contributed by atoms with E-state index in [2.05, 4.69) is 169 Å². The van der Waals surface area contributed by atoms with Crippen LogP contribution in [0.15, 0.2) is 168 Å². The maximum atomic E-state index is 6.65. The van der Waals surface area contributed by atoms with E-state index >= 15 is 0 Å². The number of hydrogen-bond donors (Lipinski definition) is 0. The van der Waals surface area contributed by atoms with Crippen LogP contribution in [0.1, 0.15) is 0 Å². The van der Waals surface area contributed by atoms with Crippen molar-refractivity contribution in [3.8, 4) is 11.1 Å². The average molecular weight is 618 g/mol. The van der Waals surface area contributed by atoms with Gasteiger partial charge in [0.1, 0.15) is 11.2 Å². The molecule has 0 spiro atoms. The standard InChI is InChI=1S/C44H27NOS/c1-3-15-28(16-4-1)45(29-17-5-2-6-18-29)42-33-22-9-7-20-31(33)40(32-21-8-10-23-34(32)42)37-27-36-30-19-11-13-25-38(30)46-43(36)41-35-24-12-14-26-39(35)47-44(37)41/h1-27H. The number of anilines is 3. The lowest BCUT2D eigenvalue weighted by atomic mass is 9.88. The summed E-state index contributed by atoms with van der Waals surface area (Å²) in [5.74, 6) is 0. The van der Waals surface area contributed by atoms with Crippen LogP contribution < -0.4 is 4.90 Å². The van der Waals surface area contributed by atoms with Crippen molar-refractivity contribution >= 4 is 92.1 Å². The SMILES string of the molecule is c1ccc(N(c2ccccc2)c2c3ccccc3c(-c3cc4c5ccccc5oc4c4c3sc3ccccc34)c3ccccc23)cc1. The molecule has 0 bridgehead atoms. The molecule has 2 heterocycles. The highest BCUT2D eigenvalue weighted by atomic mass is 32.1. The normalized spacial score (nSPS) is 11.8. The third-order valence-electron chi connectivity index (χ3n) is 9.41. The van der Waals surface area contributed by atoms with Crippen molar-refractivity contribution in [3.63, 3.8) is 0 Å². The van der Waals surface area contributed by atoms with Crippen LogP contribution in [0.4, 0.5) is 17.1 Å². The summed E-state index contributed by atoms with van der Waals surface area (Å²) in [5.41, 5.74) is 7.81. The van der Waals surface area contributed by atoms with Crippen molar-refractivity contribution in [2.75, 3.05) is 4.90 Å². The van der Waals surface area contributed by atoms with Crippen LogP contribution in [0.3, 0.4) is 0 Å². The van der Waals surface area contributed by atoms with Crippen LogP contribution >= 0.6 is 11.3 Å². The largest absolute Gasteiger partial charge is 0.455 e. The Kier molecular flexibility index (Phi) is 5.78. The van der Waals surface area contributed by atoms with Gasteiger partial charge in [0.05, 0.1) is 5.69 Å². The average Bonchev–Trinajstić information content (AvgIpc) is 3.71. The molecule has 2 nitrogen and oxygen atoms in total. The number of benzene rings is 8. The number of rotatable bonds is 4. The minimum absolute atomic E-state index is 0.919. The molecule has 3 heteroatoms. The van der Waals surface area contributed by atoms with Crippen molar-refractivity contribution < 1.29 is 4.42 Å². The number of nitrogens with zero attached hydrogens (tertiary/aromatic N) is 1. The first-order valence-electron chi connectivity index (χ1n) is 15.9. The monoisotopic (exact) mass is 617 g/mol. The predicted molar refractivity (Wildman–Crippen MR) is 202 cm³/mol. The minimum Gasteiger partial charge on any atom is -0.455 e. The van der Waals surface area contributed by atoms with E-state index in [4.69, 9.17) is 4.42 Å². The zero-order valence-electron chi connectivity index (χ0n) is 25.4. The highest BCUT2D eigenvalue weighted by molar-refractivity contribution is 7.26. The van der Waals surface area contributed by atoms with E-state index < -0.39 is 0 Å². The maximum Gasteiger partial charge on any atom is 0.144 e. The Labute approximate surface area is 275 Å². The second kappa shape index (κ2) is 10.3. The zero-order chi connectivity index (χ0) is 30.9. The molecule has 0 saturated carbocycles. The molecule has 0 unspecified atom stereocenters. The first kappa shape index (κ1) is 26.3. The van der Waals surface area contributed by atoms with Gasteiger partial charge in [-0.25, -0.2) is 0 Å². The van der Waals surface area contributed by atoms with E-state index in [1.807, 2.05) is 11.3 Å². The fourth-order valence-electron chi connectivity index (χ4n) is 7.45. The van der Waals surface area contributed by atoms with Gasteiger partial charge < -0.3 is 9.32 Å². The summed E-state index contributed by atoms with van der Waals surface area (Å²) in [6.07, 6.45) is 0. The van der Waals surface area contributed by atoms with E-state index in [0.29, 0.717) is 0 Å². The van der Waals surface area contributed by atoms with Crippen LogP contribution in [0.2, 0.25) is 0 Å². The number of furan rings is 1. The Bertz CT molecular complexity index is 2700. The van der Waals surface area contributed by atoms with Gasteiger partial charge in [-0.3, -0.25) is 0 Å². The first-order valence-corrected chi connectivity index (χ1v) is 16.8. The van der Waals surface area contributed by atoms with Gasteiger partial charge in [0.2, 0.25) is 0 Å². The highest BCUT2D eigenvalue weighted by Crippen LogP contribution is 2.52. The summed E-state index contributed by atoms with van der Waals surface area (Å²) < 4.78 is 9.17. The lowest BCUT2D eigenvalue weighted by Gasteiger charge is -2.29. The van der Waals surface area contributed by atoms with Crippen molar-refractivity contribution in [2.24, 2.45) is 0 Å². The predicted octanol–water partition coefficient (Wildman–Crippen LogP) is 13.4. The molecular formula is C44H27NOS. The topological polar surface area (TPSA) is 16.4 Å². The van der Waals surface area contributed by atoms with Crippen molar-refractivity contribution in [1.82, 2.24) is 0 Å². The zero-order valence-corrected chi connectivity index (χ0v) is 26.2. The molecule has 0 atom stereocenters. The Hall–Kier alpha value is -5.90. The van der Waals surface area contributed by atoms with Gasteiger partial charge in [-0.15, -0.1) is 11.3 Å². The Morgan fingerprint density at radius 1 is 0.447 bits per heavy atom. The Morgan fingerprint density at radius 3 is 1.60 bits per heavy atom. The molecule has 0 N–H and O–H groups in total. The molecule has 8 aromatic carbocycles. The first-order chi connectivity index (χ1) is 23.3. The van der Waals surface area contributed by atoms with E-state index in [-0.39, 0.29) is 0 Å². The second-order valence-electron chi connectivity index (χ2n) is 12.0. The molecule has 0 radical (unpaired) electrons. The van der Waals surface area contributed by atoms with Gasteiger partial charge >= 0.3 is 0 Å². The van der Waals surface area contributed by atoms with Gasteiger partial charge in [-0.2, -0.15) is 0 Å². The molecule has 0 amide bonds. The quantitative estimate of drug-likeness (QED) is 0.183. The van der Waals surface area contributed by atoms with E-state index in [9.17, 15) is 0 Å². The fraction of sp³-hybridized carbons (Fsp3) is 0. The van der Waals surface area contributed by atoms with E-state index in [0.717, 1.165) is 33.3 Å². The molecule has 0 saturated heterocycles. The number of para-hydroxylation sites is 3. The fourth-order valence-corrected chi connectivity index (χ4v) is 8.67. The maximum absolute atomic E-state index is 6.65. The van der Waals surface area contributed by atoms with Gasteiger partial charge in [0, 0.05) is 58.7 Å². The summed E-state index contributed by atoms with van der Waals surface area (Å²) in [7, 11) is 0. The third kappa shape index (κ3) is 3.90. The van der Waals surface area contributed by atoms with Crippen LogP contribution in [0.5, 0.6) is 0 Å². The molecule has 0 aliphatic heterocycles. The van der Waals surface area contributed by atoms with Crippen LogP contribution in [0.25, 0.3) is 74.8 Å². The van der Waals surface area contributed by atoms with Crippen LogP contribution in [-0.2, 0) is 0 Å². The summed E-state index contributed by atoms with van der Waals surface area (Å²) >= 11 is 1.86. The highest BCUT2D eigenvalue weighted by Gasteiger charge is 2.25. The van der Waals surface area contributed by atoms with Gasteiger partial charge in [-0.05, 0) is 58.8 Å². The molecule has 220 valence electrons. The smallest absolute Gasteiger partial charge is 0.144 e. The second-order valence-corrected chi connectivity index (χ2v) is 13.1. The summed E-state index contributed by atoms with van der Waals surface area (Å²) in [4.78, 5) is 2.41. The van der Waals surface area contributed by atoms with Gasteiger partial charge in [-0.1, -0.05) is 121 Å². The molecular weight excluding hydrogens is 591 g/mol. The van der Waals surface area contributed by atoms with E-state index in [1.165, 1.54) is 58.5 Å². The Morgan fingerprint density at radius 2 is 0.957 bits per heavy atom. The minimum atomic E-state index is 0.919. The number of fused-ring (bicyclic) bond motifs is 9. The molecule has 2 aromatic heterocycles. The summed E-state index contributed by atoms with van der Waals surface area (Å²) in [5, 5.41) is 9.60. The van der Waals surface area contributed by atoms with Crippen LogP contribution in [0, 0.1) is 0 Å². The van der Waals surface area contributed by atoms with Crippen LogP contribution in [-0.4, -0.2) is 0 Å². The summed E-state index contributed by atoms with van der Waals surface area (Å²) in [6, 6.07) is 58.8. The lowest BCUT2D eigenvalue weighted by Crippen LogP contribution is -2.11. The molecule has 0 fully saturated rings. The van der Waals surface area contributed by atoms with Crippen molar-refractivity contribution in [2.45, 2.75) is 0 Å². The van der Waals surface area contributed by atoms with Gasteiger partial charge in [0.15, 0.2) is 0 Å². The van der Waals surface area contributed by atoms with E-state index in [1.54, 1.807) is 0 Å². The van der Waals surface area contributed by atoms with Crippen molar-refractivity contribution in [3.05, 3.63) is 164 Å². The molecule has 0 aliphatic carbocycles. The molecule has 10 rings (SSSR count). The molecule has 10 aromatic rings. The number of hydrogen-bond acceptors (Lipinski definition) is 3. The Balaban J connectivity index is 1.40. The number of thiophene rings is 1.